The number of hydrogen-bond acceptors (Lipinski definition) is 5. The van der Waals surface area contributed by atoms with E-state index in [2.05, 4.69) is 15.5 Å². The molecule has 1 atom stereocenters. The molecule has 1 fully saturated rings. The smallest absolute Gasteiger partial charge is 0.260 e. The number of aromatic nitrogens is 2. The van der Waals surface area contributed by atoms with E-state index in [0.717, 1.165) is 19.4 Å². The first-order chi connectivity index (χ1) is 6.84. The van der Waals surface area contributed by atoms with Crippen molar-refractivity contribution in [1.29, 1.82) is 0 Å². The van der Waals surface area contributed by atoms with E-state index < -0.39 is 0 Å². The number of anilines is 1. The van der Waals surface area contributed by atoms with Crippen molar-refractivity contribution in [1.82, 2.24) is 15.5 Å². The van der Waals surface area contributed by atoms with Gasteiger partial charge in [0.05, 0.1) is 0 Å². The van der Waals surface area contributed by atoms with Gasteiger partial charge in [-0.1, -0.05) is 6.42 Å². The van der Waals surface area contributed by atoms with Gasteiger partial charge in [-0.05, 0) is 31.0 Å². The molecule has 5 heteroatoms. The molecule has 78 valence electrons. The number of nitrogens with one attached hydrogen (secondary N) is 1. The number of nitrogens with two attached hydrogens (primary N) is 1. The predicted octanol–water partition coefficient (Wildman–Crippen LogP) is 0.726. The average molecular weight is 196 g/mol. The average Bonchev–Trinajstić information content (AvgIpc) is 2.63. The number of rotatable bonds is 3. The van der Waals surface area contributed by atoms with Gasteiger partial charge in [0.25, 0.3) is 5.95 Å². The van der Waals surface area contributed by atoms with Crippen molar-refractivity contribution in [2.24, 2.45) is 0 Å². The van der Waals surface area contributed by atoms with Crippen molar-refractivity contribution in [3.05, 3.63) is 5.89 Å². The van der Waals surface area contributed by atoms with E-state index in [1.807, 2.05) is 0 Å². The van der Waals surface area contributed by atoms with Gasteiger partial charge in [0.1, 0.15) is 0 Å². The van der Waals surface area contributed by atoms with Crippen LogP contribution in [0.25, 0.3) is 0 Å². The summed E-state index contributed by atoms with van der Waals surface area (Å²) in [5.74, 6) is 0.881. The van der Waals surface area contributed by atoms with E-state index in [0.29, 0.717) is 11.9 Å². The monoisotopic (exact) mass is 196 g/mol. The van der Waals surface area contributed by atoms with Crippen LogP contribution in [-0.2, 0) is 6.42 Å². The molecular formula is C9H16N4O. The first-order valence-electron chi connectivity index (χ1n) is 5.16. The molecule has 1 saturated heterocycles. The van der Waals surface area contributed by atoms with Gasteiger partial charge in [0.2, 0.25) is 5.89 Å². The molecule has 0 saturated carbocycles. The van der Waals surface area contributed by atoms with Gasteiger partial charge in [-0.3, -0.25) is 0 Å². The van der Waals surface area contributed by atoms with Crippen LogP contribution < -0.4 is 11.1 Å². The highest BCUT2D eigenvalue weighted by Crippen LogP contribution is 2.12. The van der Waals surface area contributed by atoms with E-state index in [-0.39, 0.29) is 5.95 Å². The van der Waals surface area contributed by atoms with Crippen molar-refractivity contribution in [2.45, 2.75) is 38.1 Å². The normalized spacial score (nSPS) is 22.4. The van der Waals surface area contributed by atoms with Crippen LogP contribution >= 0.6 is 0 Å². The fourth-order valence-corrected chi connectivity index (χ4v) is 1.84. The molecule has 1 aliphatic rings. The second-order valence-corrected chi connectivity index (χ2v) is 3.73. The molecule has 0 spiro atoms. The Kier molecular flexibility index (Phi) is 2.98. The first kappa shape index (κ1) is 9.45. The molecule has 1 aliphatic heterocycles. The molecule has 2 heterocycles. The molecule has 0 radical (unpaired) electrons. The maximum Gasteiger partial charge on any atom is 0.260 e. The molecule has 0 amide bonds. The molecular weight excluding hydrogens is 180 g/mol. The number of piperidine rings is 1. The first-order valence-corrected chi connectivity index (χ1v) is 5.16. The minimum absolute atomic E-state index is 0.233. The second-order valence-electron chi connectivity index (χ2n) is 3.73. The van der Waals surface area contributed by atoms with Gasteiger partial charge in [-0.15, -0.1) is 0 Å². The van der Waals surface area contributed by atoms with Crippen LogP contribution in [0.15, 0.2) is 4.52 Å². The Labute approximate surface area is 83.1 Å². The standard InChI is InChI=1S/C9H16N4O/c10-9-12-8(14-13-9)5-4-7-3-1-2-6-11-7/h7,11H,1-6H2,(H2,10,13). The summed E-state index contributed by atoms with van der Waals surface area (Å²) in [4.78, 5) is 3.97. The van der Waals surface area contributed by atoms with Crippen molar-refractivity contribution in [2.75, 3.05) is 12.3 Å². The van der Waals surface area contributed by atoms with E-state index in [1.54, 1.807) is 0 Å². The summed E-state index contributed by atoms with van der Waals surface area (Å²) >= 11 is 0. The molecule has 1 aromatic rings. The fraction of sp³-hybridized carbons (Fsp3) is 0.778. The Morgan fingerprint density at radius 1 is 1.50 bits per heavy atom. The Balaban J connectivity index is 1.76. The van der Waals surface area contributed by atoms with E-state index in [9.17, 15) is 0 Å². The predicted molar refractivity (Wildman–Crippen MR) is 52.7 cm³/mol. The van der Waals surface area contributed by atoms with Crippen LogP contribution in [0, 0.1) is 0 Å². The van der Waals surface area contributed by atoms with Crippen molar-refractivity contribution < 1.29 is 4.52 Å². The number of aryl methyl sites for hydroxylation is 1. The zero-order valence-corrected chi connectivity index (χ0v) is 8.20. The number of nitrogen functional groups attached to an aromatic ring is 1. The number of hydrogen-bond donors (Lipinski definition) is 2. The maximum atomic E-state index is 5.36. The number of nitrogens with zero attached hydrogens (tertiary/aromatic N) is 2. The summed E-state index contributed by atoms with van der Waals surface area (Å²) in [6.07, 6.45) is 5.75. The summed E-state index contributed by atoms with van der Waals surface area (Å²) in [6.45, 7) is 1.14. The third-order valence-corrected chi connectivity index (χ3v) is 2.60. The molecule has 1 unspecified atom stereocenters. The van der Waals surface area contributed by atoms with Crippen LogP contribution in [0.3, 0.4) is 0 Å². The minimum Gasteiger partial charge on any atom is -0.365 e. The van der Waals surface area contributed by atoms with Crippen LogP contribution in [0.4, 0.5) is 5.95 Å². The molecule has 3 N–H and O–H groups in total. The molecule has 5 nitrogen and oxygen atoms in total. The van der Waals surface area contributed by atoms with E-state index >= 15 is 0 Å². The van der Waals surface area contributed by atoms with Crippen LogP contribution in [-0.4, -0.2) is 22.7 Å². The third-order valence-electron chi connectivity index (χ3n) is 2.60. The lowest BCUT2D eigenvalue weighted by Gasteiger charge is -2.22. The molecule has 0 aromatic carbocycles. The molecule has 1 aromatic heterocycles. The van der Waals surface area contributed by atoms with Gasteiger partial charge >= 0.3 is 0 Å². The Morgan fingerprint density at radius 3 is 3.07 bits per heavy atom. The molecule has 0 bridgehead atoms. The zero-order valence-electron chi connectivity index (χ0n) is 8.20. The Morgan fingerprint density at radius 2 is 2.43 bits per heavy atom. The zero-order chi connectivity index (χ0) is 9.80. The summed E-state index contributed by atoms with van der Waals surface area (Å²) in [7, 11) is 0. The van der Waals surface area contributed by atoms with Gasteiger partial charge in [0, 0.05) is 12.5 Å². The maximum absolute atomic E-state index is 5.36. The van der Waals surface area contributed by atoms with Crippen LogP contribution in [0.1, 0.15) is 31.6 Å². The quantitative estimate of drug-likeness (QED) is 0.745. The van der Waals surface area contributed by atoms with E-state index in [4.69, 9.17) is 10.3 Å². The van der Waals surface area contributed by atoms with Crippen molar-refractivity contribution in [3.63, 3.8) is 0 Å². The highest BCUT2D eigenvalue weighted by Gasteiger charge is 2.13. The molecule has 14 heavy (non-hydrogen) atoms. The Bertz CT molecular complexity index is 280. The summed E-state index contributed by atoms with van der Waals surface area (Å²) in [5.41, 5.74) is 5.36. The second kappa shape index (κ2) is 4.41. The topological polar surface area (TPSA) is 77.0 Å². The lowest BCUT2D eigenvalue weighted by Crippen LogP contribution is -2.34. The van der Waals surface area contributed by atoms with Gasteiger partial charge < -0.3 is 15.6 Å². The van der Waals surface area contributed by atoms with E-state index in [1.165, 1.54) is 19.3 Å². The van der Waals surface area contributed by atoms with Gasteiger partial charge in [0.15, 0.2) is 0 Å². The lowest BCUT2D eigenvalue weighted by molar-refractivity contribution is 0.343. The highest BCUT2D eigenvalue weighted by atomic mass is 16.5. The molecule has 2 rings (SSSR count). The summed E-state index contributed by atoms with van der Waals surface area (Å²) in [5, 5.41) is 7.03. The van der Waals surface area contributed by atoms with Crippen LogP contribution in [0.5, 0.6) is 0 Å². The lowest BCUT2D eigenvalue weighted by atomic mass is 10.0. The fourth-order valence-electron chi connectivity index (χ4n) is 1.84. The Hall–Kier alpha value is -1.10. The largest absolute Gasteiger partial charge is 0.365 e. The SMILES string of the molecule is Nc1noc(CCC2CCCCN2)n1. The van der Waals surface area contributed by atoms with Gasteiger partial charge in [-0.25, -0.2) is 0 Å². The van der Waals surface area contributed by atoms with Crippen molar-refractivity contribution >= 4 is 5.95 Å². The highest BCUT2D eigenvalue weighted by molar-refractivity contribution is 5.10. The van der Waals surface area contributed by atoms with Crippen molar-refractivity contribution in [3.8, 4) is 0 Å². The molecule has 0 aliphatic carbocycles. The minimum atomic E-state index is 0.233. The van der Waals surface area contributed by atoms with Crippen LogP contribution in [0.2, 0.25) is 0 Å². The summed E-state index contributed by atoms with van der Waals surface area (Å²) < 4.78 is 4.94. The van der Waals surface area contributed by atoms with Gasteiger partial charge in [-0.2, -0.15) is 4.98 Å². The third kappa shape index (κ3) is 2.45. The summed E-state index contributed by atoms with van der Waals surface area (Å²) in [6, 6.07) is 0.608.